The summed E-state index contributed by atoms with van der Waals surface area (Å²) in [6.45, 7) is 9.53. The number of hydrogen-bond acceptors (Lipinski definition) is 6. The molecule has 4 aliphatic rings. The summed E-state index contributed by atoms with van der Waals surface area (Å²) in [5, 5.41) is 5.30. The van der Waals surface area contributed by atoms with Gasteiger partial charge in [0.1, 0.15) is 18.0 Å². The molecule has 0 bridgehead atoms. The van der Waals surface area contributed by atoms with Gasteiger partial charge >= 0.3 is 0 Å². The molecule has 2 saturated heterocycles. The molecule has 2 amide bonds. The highest BCUT2D eigenvalue weighted by Gasteiger charge is 2.47. The summed E-state index contributed by atoms with van der Waals surface area (Å²) in [7, 11) is 0. The minimum absolute atomic E-state index is 0.0162. The van der Waals surface area contributed by atoms with Crippen molar-refractivity contribution < 1.29 is 14.3 Å². The molecular formula is C28H38N4O3S. The van der Waals surface area contributed by atoms with Crippen LogP contribution in [0.15, 0.2) is 22.5 Å². The van der Waals surface area contributed by atoms with Crippen molar-refractivity contribution in [2.24, 2.45) is 16.8 Å². The highest BCUT2D eigenvalue weighted by atomic mass is 32.2. The fraction of sp³-hybridized carbons (Fsp3) is 0.607. The molecule has 5 rings (SSSR count). The Morgan fingerprint density at radius 1 is 1.08 bits per heavy atom. The molecule has 36 heavy (non-hydrogen) atoms. The van der Waals surface area contributed by atoms with Gasteiger partial charge in [0.25, 0.3) is 11.8 Å². The van der Waals surface area contributed by atoms with E-state index in [2.05, 4.69) is 54.0 Å². The molecule has 3 aliphatic heterocycles. The second-order valence-corrected chi connectivity index (χ2v) is 11.9. The lowest BCUT2D eigenvalue weighted by Gasteiger charge is -2.34. The molecule has 3 fully saturated rings. The molecule has 0 atom stereocenters. The van der Waals surface area contributed by atoms with Gasteiger partial charge in [0.15, 0.2) is 0 Å². The molecule has 0 unspecified atom stereocenters. The molecule has 1 saturated carbocycles. The molecule has 8 heteroatoms. The van der Waals surface area contributed by atoms with Crippen LogP contribution in [0.5, 0.6) is 0 Å². The number of aliphatic imine (C=N–C) groups is 1. The maximum atomic E-state index is 12.9. The molecule has 1 aromatic carbocycles. The van der Waals surface area contributed by atoms with Gasteiger partial charge in [-0.1, -0.05) is 31.7 Å². The number of hydrogen-bond donors (Lipinski definition) is 1. The summed E-state index contributed by atoms with van der Waals surface area (Å²) in [5.41, 5.74) is 3.88. The van der Waals surface area contributed by atoms with E-state index in [1.807, 2.05) is 4.90 Å². The van der Waals surface area contributed by atoms with Gasteiger partial charge in [0.05, 0.1) is 6.61 Å². The second kappa shape index (κ2) is 10.7. The van der Waals surface area contributed by atoms with Crippen LogP contribution >= 0.6 is 11.9 Å². The molecular weight excluding hydrogens is 472 g/mol. The molecule has 1 aromatic rings. The predicted molar refractivity (Wildman–Crippen MR) is 146 cm³/mol. The van der Waals surface area contributed by atoms with Crippen LogP contribution in [-0.4, -0.2) is 60.3 Å². The smallest absolute Gasteiger partial charge is 0.253 e. The second-order valence-electron chi connectivity index (χ2n) is 10.9. The number of amides is 2. The first kappa shape index (κ1) is 25.5. The van der Waals surface area contributed by atoms with Crippen molar-refractivity contribution in [1.29, 1.82) is 0 Å². The van der Waals surface area contributed by atoms with E-state index in [4.69, 9.17) is 9.73 Å². The third-order valence-electron chi connectivity index (χ3n) is 8.27. The lowest BCUT2D eigenvalue weighted by molar-refractivity contribution is -0.126. The standard InChI is InChI=1S/C28H38N4O3S/c1-19-4-6-22(7-5-19)26-29-27(34)28(30-26)9-11-31(12-10-28)36-15-8-24-20(2)16-23(17-21(24)3)32-13-14-35-18-25(32)33/h8,15-17,19,22H,4-7,9-14,18H2,1-3H3,(H,29,30,34)/b15-8+. The van der Waals surface area contributed by atoms with Crippen molar-refractivity contribution in [2.45, 2.75) is 64.8 Å². The number of nitrogens with one attached hydrogen (secondary N) is 1. The Kier molecular flexibility index (Phi) is 7.56. The fourth-order valence-corrected chi connectivity index (χ4v) is 6.68. The van der Waals surface area contributed by atoms with Crippen molar-refractivity contribution in [2.75, 3.05) is 37.7 Å². The minimum Gasteiger partial charge on any atom is -0.370 e. The number of rotatable bonds is 5. The van der Waals surface area contributed by atoms with Gasteiger partial charge in [0.2, 0.25) is 0 Å². The number of nitrogens with zero attached hydrogens (tertiary/aromatic N) is 3. The summed E-state index contributed by atoms with van der Waals surface area (Å²) in [6.07, 6.45) is 8.45. The van der Waals surface area contributed by atoms with Crippen LogP contribution in [0, 0.1) is 25.7 Å². The van der Waals surface area contributed by atoms with Crippen molar-refractivity contribution in [1.82, 2.24) is 9.62 Å². The number of morpholine rings is 1. The van der Waals surface area contributed by atoms with Crippen molar-refractivity contribution in [3.63, 3.8) is 0 Å². The quantitative estimate of drug-likeness (QED) is 0.592. The van der Waals surface area contributed by atoms with Gasteiger partial charge in [-0.05, 0) is 85.8 Å². The van der Waals surface area contributed by atoms with Gasteiger partial charge in [-0.25, -0.2) is 4.31 Å². The fourth-order valence-electron chi connectivity index (χ4n) is 5.92. The van der Waals surface area contributed by atoms with Crippen LogP contribution in [0.1, 0.15) is 62.1 Å². The van der Waals surface area contributed by atoms with Crippen LogP contribution in [-0.2, 0) is 14.3 Å². The molecule has 194 valence electrons. The number of ether oxygens (including phenoxy) is 1. The van der Waals surface area contributed by atoms with E-state index in [9.17, 15) is 9.59 Å². The maximum absolute atomic E-state index is 12.9. The van der Waals surface area contributed by atoms with Crippen LogP contribution in [0.3, 0.4) is 0 Å². The Morgan fingerprint density at radius 3 is 2.44 bits per heavy atom. The van der Waals surface area contributed by atoms with E-state index in [0.29, 0.717) is 19.1 Å². The first-order valence-corrected chi connectivity index (χ1v) is 14.2. The summed E-state index contributed by atoms with van der Waals surface area (Å²) in [6, 6.07) is 4.18. The molecule has 7 nitrogen and oxygen atoms in total. The van der Waals surface area contributed by atoms with Gasteiger partial charge in [-0.3, -0.25) is 14.6 Å². The lowest BCUT2D eigenvalue weighted by atomic mass is 9.82. The predicted octanol–water partition coefficient (Wildman–Crippen LogP) is 4.47. The molecule has 1 aliphatic carbocycles. The first-order chi connectivity index (χ1) is 17.3. The van der Waals surface area contributed by atoms with Gasteiger partial charge in [-0.15, -0.1) is 0 Å². The summed E-state index contributed by atoms with van der Waals surface area (Å²) in [5.74, 6) is 2.31. The van der Waals surface area contributed by atoms with Gasteiger partial charge in [-0.2, -0.15) is 0 Å². The first-order valence-electron chi connectivity index (χ1n) is 13.3. The Hall–Kier alpha value is -2.16. The Morgan fingerprint density at radius 2 is 1.78 bits per heavy atom. The van der Waals surface area contributed by atoms with E-state index < -0.39 is 5.54 Å². The number of aryl methyl sites for hydroxylation is 2. The van der Waals surface area contributed by atoms with E-state index in [1.54, 1.807) is 11.9 Å². The monoisotopic (exact) mass is 510 g/mol. The third kappa shape index (κ3) is 5.27. The maximum Gasteiger partial charge on any atom is 0.253 e. The third-order valence-corrected chi connectivity index (χ3v) is 9.19. The van der Waals surface area contributed by atoms with Crippen LogP contribution < -0.4 is 10.2 Å². The summed E-state index contributed by atoms with van der Waals surface area (Å²) < 4.78 is 7.59. The molecule has 1 N–H and O–H groups in total. The number of carbonyl (C=O) groups excluding carboxylic acids is 2. The van der Waals surface area contributed by atoms with E-state index in [-0.39, 0.29) is 18.4 Å². The highest BCUT2D eigenvalue weighted by Crippen LogP contribution is 2.37. The number of piperidine rings is 1. The number of benzene rings is 1. The average Bonchev–Trinajstić information content (AvgIpc) is 3.18. The normalized spacial score (nSPS) is 27.1. The van der Waals surface area contributed by atoms with E-state index >= 15 is 0 Å². The van der Waals surface area contributed by atoms with Crippen LogP contribution in [0.2, 0.25) is 0 Å². The SMILES string of the molecule is Cc1cc(N2CCOCC2=O)cc(C)c1/C=C/SN1CCC2(CC1)N=C(C1CCC(C)CC1)NC2=O. The Labute approximate surface area is 218 Å². The Balaban J connectivity index is 1.17. The van der Waals surface area contributed by atoms with Crippen molar-refractivity contribution in [3.8, 4) is 0 Å². The summed E-state index contributed by atoms with van der Waals surface area (Å²) in [4.78, 5) is 32.0. The number of anilines is 1. The minimum atomic E-state index is -0.556. The zero-order valence-corrected chi connectivity index (χ0v) is 22.5. The summed E-state index contributed by atoms with van der Waals surface area (Å²) >= 11 is 1.71. The zero-order chi connectivity index (χ0) is 25.3. The molecule has 0 radical (unpaired) electrons. The largest absolute Gasteiger partial charge is 0.370 e. The molecule has 0 aromatic heterocycles. The zero-order valence-electron chi connectivity index (χ0n) is 21.7. The van der Waals surface area contributed by atoms with Gasteiger partial charge in [0, 0.05) is 31.2 Å². The topological polar surface area (TPSA) is 74.2 Å². The average molecular weight is 511 g/mol. The van der Waals surface area contributed by atoms with E-state index in [1.165, 1.54) is 18.4 Å². The molecule has 3 heterocycles. The number of carbonyl (C=O) groups is 2. The van der Waals surface area contributed by atoms with Crippen molar-refractivity contribution >= 4 is 41.4 Å². The highest BCUT2D eigenvalue weighted by molar-refractivity contribution is 8.00. The van der Waals surface area contributed by atoms with E-state index in [0.717, 1.165) is 67.3 Å². The van der Waals surface area contributed by atoms with Crippen LogP contribution in [0.25, 0.3) is 6.08 Å². The lowest BCUT2D eigenvalue weighted by Crippen LogP contribution is -2.47. The molecule has 1 spiro atoms. The Bertz CT molecular complexity index is 1050. The number of amidine groups is 1. The van der Waals surface area contributed by atoms with Crippen LogP contribution in [0.4, 0.5) is 5.69 Å². The van der Waals surface area contributed by atoms with Crippen molar-refractivity contribution in [3.05, 3.63) is 34.2 Å². The van der Waals surface area contributed by atoms with Gasteiger partial charge < -0.3 is 15.0 Å².